The predicted molar refractivity (Wildman–Crippen MR) is 242 cm³/mol. The molecule has 1 amide bonds. The Hall–Kier alpha value is -3.51. The van der Waals surface area contributed by atoms with Crippen LogP contribution in [0.2, 0.25) is 0 Å². The average molecular weight is 975 g/mol. The van der Waals surface area contributed by atoms with Crippen molar-refractivity contribution >= 4 is 40.3 Å². The van der Waals surface area contributed by atoms with E-state index in [4.69, 9.17) is 51.4 Å². The van der Waals surface area contributed by atoms with Crippen LogP contribution in [0, 0.1) is 0 Å². The number of nitrogens with zero attached hydrogens (tertiary/aromatic N) is 2. The van der Waals surface area contributed by atoms with Crippen molar-refractivity contribution in [1.29, 1.82) is 0 Å². The first-order chi connectivity index (χ1) is 32.6. The third-order valence-electron chi connectivity index (χ3n) is 13.4. The van der Waals surface area contributed by atoms with E-state index < -0.39 is 129 Å². The van der Waals surface area contributed by atoms with Crippen LogP contribution < -0.4 is 37.7 Å². The summed E-state index contributed by atoms with van der Waals surface area (Å²) >= 11 is 1.72. The van der Waals surface area contributed by atoms with Crippen molar-refractivity contribution in [1.82, 2.24) is 5.32 Å². The maximum absolute atomic E-state index is 13.1. The maximum atomic E-state index is 13.1. The third-order valence-corrected chi connectivity index (χ3v) is 14.6. The minimum Gasteiger partial charge on any atom is -0.394 e. The molecular weight excluding hydrogens is 911 g/mol. The molecule has 4 aliphatic heterocycles. The molecule has 1 aliphatic carbocycles. The second-order valence-electron chi connectivity index (χ2n) is 18.0. The molecule has 0 radical (unpaired) electrons. The molecule has 5 aliphatic rings. The van der Waals surface area contributed by atoms with Crippen LogP contribution in [0.4, 0.5) is 5.69 Å². The molecule has 1 saturated carbocycles. The molecule has 3 saturated heterocycles. The summed E-state index contributed by atoms with van der Waals surface area (Å²) in [5.41, 5.74) is 28.1. The smallest absolute Gasteiger partial charge is 0.220 e. The number of ether oxygens (including phenoxy) is 6. The number of anilines is 1. The number of aliphatic hydroxyl groups is 8. The fraction of sp³-hybridized carbons (Fsp3) is 0.600. The van der Waals surface area contributed by atoms with Crippen LogP contribution in [0.25, 0.3) is 17.0 Å². The summed E-state index contributed by atoms with van der Waals surface area (Å²) in [6, 6.07) is 13.9. The molecule has 2 aromatic carbocycles. The topological polar surface area (TPSA) is 358 Å². The number of aryl methyl sites for hydroxylation is 1. The molecule has 0 bridgehead atoms. The number of nitrogens with two attached hydrogens (primary N) is 4. The van der Waals surface area contributed by atoms with Crippen LogP contribution in [0.1, 0.15) is 24.8 Å². The van der Waals surface area contributed by atoms with Crippen LogP contribution in [0.5, 0.6) is 0 Å². The number of benzene rings is 2. The van der Waals surface area contributed by atoms with Crippen molar-refractivity contribution in [3.8, 4) is 0 Å². The number of aromatic nitrogens is 1. The number of carbonyl (C=O) groups is 1. The number of para-hydroxylation sites is 2. The highest BCUT2D eigenvalue weighted by atomic mass is 32.2. The van der Waals surface area contributed by atoms with Crippen molar-refractivity contribution in [2.75, 3.05) is 31.7 Å². The van der Waals surface area contributed by atoms with Gasteiger partial charge in [0.05, 0.1) is 47.5 Å². The second kappa shape index (κ2) is 21.9. The lowest BCUT2D eigenvalue weighted by Crippen LogP contribution is -2.68. The van der Waals surface area contributed by atoms with Crippen molar-refractivity contribution < 1.29 is 78.6 Å². The summed E-state index contributed by atoms with van der Waals surface area (Å²) in [5, 5.41) is 90.3. The monoisotopic (exact) mass is 974 g/mol. The minimum absolute atomic E-state index is 0.0341. The number of hydrogen-bond donors (Lipinski definition) is 13. The van der Waals surface area contributed by atoms with E-state index in [1.165, 1.54) is 4.90 Å². The highest BCUT2D eigenvalue weighted by Crippen LogP contribution is 2.45. The Kier molecular flexibility index (Phi) is 16.4. The third kappa shape index (κ3) is 10.4. The first-order valence-electron chi connectivity index (χ1n) is 22.8. The van der Waals surface area contributed by atoms with E-state index >= 15 is 0 Å². The lowest BCUT2D eigenvalue weighted by Gasteiger charge is -2.47. The molecule has 0 spiro atoms. The quantitative estimate of drug-likeness (QED) is 0.0642. The van der Waals surface area contributed by atoms with E-state index in [9.17, 15) is 45.6 Å². The summed E-state index contributed by atoms with van der Waals surface area (Å²) in [6.07, 6.45) is -17.0. The Bertz CT molecular complexity index is 2240. The van der Waals surface area contributed by atoms with Gasteiger partial charge in [-0.2, -0.15) is 4.57 Å². The zero-order valence-corrected chi connectivity index (χ0v) is 38.1. The van der Waals surface area contributed by atoms with E-state index in [0.29, 0.717) is 13.0 Å². The minimum atomic E-state index is -1.70. The van der Waals surface area contributed by atoms with E-state index in [1.54, 1.807) is 11.8 Å². The van der Waals surface area contributed by atoms with Gasteiger partial charge < -0.3 is 102 Å². The standard InChI is InChI=1S/C45H63N7O15S/c1-51-25-9-4-5-10-29(25)68-31(51)15-20-12-14-52(24-8-3-2-7-21(20)24)13-6-11-30(55)50-17-26-35(57)37(59)32(48)43(62-26)66-41-28(19-54)64-45(39(41)61)67-42-34(56)22(46)16-23(47)40(42)65-44-33(49)38(60)36(58)27(18-53)63-44/h2-5,7-10,12,14-15,22-23,26-28,32-45,53-54,56-61H,6,11,13,16-19,46-49H2,1H3/p+1/t22-,23+,26+,27-,28-,32-,33-,34+,35-,36-,37-,38-,39-,40-,41-,42-,43-,44-,45+/m1/s1. The first-order valence-corrected chi connectivity index (χ1v) is 23.6. The molecule has 0 unspecified atom stereocenters. The first kappa shape index (κ1) is 50.9. The zero-order valence-electron chi connectivity index (χ0n) is 37.3. The maximum Gasteiger partial charge on any atom is 0.220 e. The number of thioether (sulfide) groups is 1. The molecule has 68 heavy (non-hydrogen) atoms. The number of fused-ring (bicyclic) bond motifs is 2. The van der Waals surface area contributed by atoms with Gasteiger partial charge in [0.2, 0.25) is 11.4 Å². The SMILES string of the molecule is CN1C(=Cc2cc[n+](CCCC(=O)NC[C@@H]3O[C@H](O[C@H]4[C@@H](O)[C@H](O[C@@H]5[C@@H](O)[C@H](N)C[C@H](N)[C@H]5O[C@H]5O[C@H](CO)[C@@H](O)[C@H](O)[C@H]5N)O[C@@H]4CO)[C@H](N)[C@@H](O)[C@@H]3O)c3ccccc23)Sc2ccccc21. The summed E-state index contributed by atoms with van der Waals surface area (Å²) in [6.45, 7) is -1.09. The molecule has 5 heterocycles. The Morgan fingerprint density at radius 3 is 2.07 bits per heavy atom. The molecule has 23 heteroatoms. The Balaban J connectivity index is 0.863. The fourth-order valence-electron chi connectivity index (χ4n) is 9.39. The van der Waals surface area contributed by atoms with E-state index in [2.05, 4.69) is 52.2 Å². The van der Waals surface area contributed by atoms with Crippen molar-refractivity contribution in [2.45, 2.75) is 147 Å². The van der Waals surface area contributed by atoms with Crippen molar-refractivity contribution in [3.63, 3.8) is 0 Å². The average Bonchev–Trinajstić information content (AvgIpc) is 3.82. The van der Waals surface area contributed by atoms with Gasteiger partial charge >= 0.3 is 0 Å². The van der Waals surface area contributed by atoms with Gasteiger partial charge in [-0.15, -0.1) is 0 Å². The fourth-order valence-corrected chi connectivity index (χ4v) is 10.5. The van der Waals surface area contributed by atoms with Crippen LogP contribution in [-0.2, 0) is 39.8 Å². The number of aliphatic hydroxyl groups excluding tert-OH is 8. The molecule has 8 rings (SSSR count). The van der Waals surface area contributed by atoms with E-state index in [1.807, 2.05) is 36.5 Å². The number of rotatable bonds is 15. The number of carbonyl (C=O) groups excluding carboxylic acids is 1. The normalized spacial score (nSPS) is 39.1. The van der Waals surface area contributed by atoms with Gasteiger partial charge in [-0.3, -0.25) is 4.79 Å². The Morgan fingerprint density at radius 2 is 1.37 bits per heavy atom. The lowest BCUT2D eigenvalue weighted by atomic mass is 9.84. The highest BCUT2D eigenvalue weighted by Gasteiger charge is 2.54. The molecule has 19 atom stereocenters. The Labute approximate surface area is 396 Å². The molecule has 1 aromatic heterocycles. The Morgan fingerprint density at radius 1 is 0.750 bits per heavy atom. The van der Waals surface area contributed by atoms with Gasteiger partial charge in [-0.1, -0.05) is 36.0 Å². The van der Waals surface area contributed by atoms with E-state index in [-0.39, 0.29) is 25.3 Å². The zero-order chi connectivity index (χ0) is 48.6. The predicted octanol–water partition coefficient (Wildman–Crippen LogP) is -4.24. The molecule has 17 N–H and O–H groups in total. The molecule has 374 valence electrons. The van der Waals surface area contributed by atoms with Crippen molar-refractivity contribution in [3.05, 3.63) is 71.4 Å². The van der Waals surface area contributed by atoms with Gasteiger partial charge in [0.25, 0.3) is 0 Å². The number of amides is 1. The van der Waals surface area contributed by atoms with Crippen LogP contribution in [0.15, 0.2) is 70.7 Å². The van der Waals surface area contributed by atoms with Gasteiger partial charge in [0.1, 0.15) is 73.7 Å². The summed E-state index contributed by atoms with van der Waals surface area (Å²) in [4.78, 5) is 16.5. The number of pyridine rings is 1. The summed E-state index contributed by atoms with van der Waals surface area (Å²) in [7, 11) is 2.05. The largest absolute Gasteiger partial charge is 0.394 e. The molecule has 3 aromatic rings. The number of hydrogen-bond acceptors (Lipinski definition) is 21. The summed E-state index contributed by atoms with van der Waals surface area (Å²) < 4.78 is 37.6. The molecule has 4 fully saturated rings. The summed E-state index contributed by atoms with van der Waals surface area (Å²) in [5.74, 6) is -0.333. The van der Waals surface area contributed by atoms with Gasteiger partial charge in [0, 0.05) is 55.5 Å². The second-order valence-corrected chi connectivity index (χ2v) is 19.0. The van der Waals surface area contributed by atoms with Crippen LogP contribution >= 0.6 is 11.8 Å². The molecular formula is C45H64N7O15S+. The van der Waals surface area contributed by atoms with Crippen molar-refractivity contribution in [2.24, 2.45) is 22.9 Å². The van der Waals surface area contributed by atoms with Gasteiger partial charge in [-0.05, 0) is 36.3 Å². The van der Waals surface area contributed by atoms with Crippen LogP contribution in [0.3, 0.4) is 0 Å². The highest BCUT2D eigenvalue weighted by molar-refractivity contribution is 8.03. The van der Waals surface area contributed by atoms with E-state index in [0.717, 1.165) is 27.2 Å². The number of nitrogens with one attached hydrogen (secondary N) is 1. The van der Waals surface area contributed by atoms with Gasteiger partial charge in [-0.25, -0.2) is 0 Å². The molecule has 22 nitrogen and oxygen atoms in total. The van der Waals surface area contributed by atoms with Crippen LogP contribution in [-0.4, -0.2) is 190 Å². The van der Waals surface area contributed by atoms with Gasteiger partial charge in [0.15, 0.2) is 25.1 Å². The lowest BCUT2D eigenvalue weighted by molar-refractivity contribution is -0.671.